The Hall–Kier alpha value is -6.44. The van der Waals surface area contributed by atoms with E-state index in [0.717, 1.165) is 55.0 Å². The summed E-state index contributed by atoms with van der Waals surface area (Å²) in [6.07, 6.45) is 0. The van der Waals surface area contributed by atoms with Gasteiger partial charge in [0, 0.05) is 10.8 Å². The van der Waals surface area contributed by atoms with Crippen molar-refractivity contribution in [1.82, 2.24) is 0 Å². The van der Waals surface area contributed by atoms with Crippen molar-refractivity contribution in [3.63, 3.8) is 0 Å². The van der Waals surface area contributed by atoms with Gasteiger partial charge in [-0.2, -0.15) is 0 Å². The SMILES string of the molecule is [2H]c1c([2H])c([2H])c2c(-c3ccc(-c4ccc(-c5ccc6oc7ccc8ccccc8c7c6c5)cc4)cc3)c3c([2H])c([2H])c([2H])c([2H])c3c(-c3ccccc3)c2c1[2H]. The smallest absolute Gasteiger partial charge is 0.136 e. The molecular weight excluding hydrogens is 593 g/mol. The highest BCUT2D eigenvalue weighted by Crippen LogP contribution is 2.44. The van der Waals surface area contributed by atoms with Gasteiger partial charge in [0.2, 0.25) is 0 Å². The topological polar surface area (TPSA) is 13.1 Å². The molecule has 0 saturated heterocycles. The summed E-state index contributed by atoms with van der Waals surface area (Å²) in [6, 6.07) is 40.8. The molecule has 0 amide bonds. The van der Waals surface area contributed by atoms with E-state index in [4.69, 9.17) is 15.4 Å². The Labute approximate surface area is 295 Å². The Morgan fingerprint density at radius 1 is 0.347 bits per heavy atom. The molecule has 1 aromatic heterocycles. The van der Waals surface area contributed by atoms with E-state index in [9.17, 15) is 0 Å². The molecule has 0 aliphatic rings. The third-order valence-electron chi connectivity index (χ3n) is 9.52. The number of hydrogen-bond acceptors (Lipinski definition) is 1. The minimum Gasteiger partial charge on any atom is -0.456 e. The summed E-state index contributed by atoms with van der Waals surface area (Å²) in [5, 5.41) is 5.28. The van der Waals surface area contributed by atoms with E-state index < -0.39 is 24.2 Å². The van der Waals surface area contributed by atoms with Crippen LogP contribution in [0, 0.1) is 0 Å². The van der Waals surface area contributed by atoms with Crippen molar-refractivity contribution in [2.24, 2.45) is 0 Å². The van der Waals surface area contributed by atoms with Crippen LogP contribution in [-0.4, -0.2) is 0 Å². The van der Waals surface area contributed by atoms with Gasteiger partial charge in [-0.25, -0.2) is 0 Å². The second-order valence-corrected chi connectivity index (χ2v) is 12.2. The maximum atomic E-state index is 9.16. The van der Waals surface area contributed by atoms with Crippen LogP contribution in [0.25, 0.3) is 98.8 Å². The van der Waals surface area contributed by atoms with Crippen molar-refractivity contribution in [2.45, 2.75) is 0 Å². The maximum absolute atomic E-state index is 9.16. The molecule has 10 rings (SSSR count). The van der Waals surface area contributed by atoms with Gasteiger partial charge in [-0.15, -0.1) is 0 Å². The summed E-state index contributed by atoms with van der Waals surface area (Å²) in [6.45, 7) is 0. The molecule has 1 heteroatoms. The molecule has 9 aromatic carbocycles. The second kappa shape index (κ2) is 11.1. The fourth-order valence-electron chi connectivity index (χ4n) is 7.22. The maximum Gasteiger partial charge on any atom is 0.136 e. The van der Waals surface area contributed by atoms with Gasteiger partial charge in [-0.3, -0.25) is 0 Å². The second-order valence-electron chi connectivity index (χ2n) is 12.2. The first-order valence-corrected chi connectivity index (χ1v) is 16.2. The van der Waals surface area contributed by atoms with Crippen LogP contribution in [0.1, 0.15) is 11.0 Å². The Balaban J connectivity index is 1.12. The molecule has 0 N–H and O–H groups in total. The lowest BCUT2D eigenvalue weighted by atomic mass is 9.86. The molecule has 0 bridgehead atoms. The van der Waals surface area contributed by atoms with Crippen LogP contribution in [0.15, 0.2) is 186 Å². The van der Waals surface area contributed by atoms with Gasteiger partial charge in [-0.05, 0) is 95.0 Å². The van der Waals surface area contributed by atoms with Crippen molar-refractivity contribution in [1.29, 1.82) is 0 Å². The Morgan fingerprint density at radius 2 is 0.816 bits per heavy atom. The van der Waals surface area contributed by atoms with Crippen LogP contribution in [0.4, 0.5) is 0 Å². The minimum absolute atomic E-state index is 0.199. The van der Waals surface area contributed by atoms with Crippen LogP contribution in [-0.2, 0) is 0 Å². The predicted octanol–water partition coefficient (Wildman–Crippen LogP) is 13.7. The van der Waals surface area contributed by atoms with E-state index in [0.29, 0.717) is 22.3 Å². The van der Waals surface area contributed by atoms with Crippen LogP contribution >= 0.6 is 0 Å². The van der Waals surface area contributed by atoms with E-state index in [1.165, 1.54) is 0 Å². The molecular formula is C48H30O. The zero-order chi connectivity index (χ0) is 39.3. The molecule has 1 nitrogen and oxygen atoms in total. The molecule has 0 spiro atoms. The largest absolute Gasteiger partial charge is 0.456 e. The molecule has 49 heavy (non-hydrogen) atoms. The van der Waals surface area contributed by atoms with Crippen molar-refractivity contribution >= 4 is 54.3 Å². The van der Waals surface area contributed by atoms with Gasteiger partial charge in [0.1, 0.15) is 11.2 Å². The van der Waals surface area contributed by atoms with E-state index >= 15 is 0 Å². The molecule has 0 atom stereocenters. The number of benzene rings is 9. The lowest BCUT2D eigenvalue weighted by Crippen LogP contribution is -1.90. The quantitative estimate of drug-likeness (QED) is 0.176. The third-order valence-corrected chi connectivity index (χ3v) is 9.52. The molecule has 0 aliphatic heterocycles. The molecule has 0 unspecified atom stereocenters. The first-order valence-electron chi connectivity index (χ1n) is 20.2. The summed E-state index contributed by atoms with van der Waals surface area (Å²) < 4.78 is 77.3. The normalized spacial score (nSPS) is 14.0. The summed E-state index contributed by atoms with van der Waals surface area (Å²) >= 11 is 0. The van der Waals surface area contributed by atoms with Gasteiger partial charge < -0.3 is 4.42 Å². The van der Waals surface area contributed by atoms with Crippen molar-refractivity contribution in [2.75, 3.05) is 0 Å². The standard InChI is InChI=1S/C48H30O/c1-2-11-35(12-3-1)46-39-14-6-8-16-41(39)47(42-17-9-7-15-40(42)46)36-24-22-32(23-25-36)31-18-20-33(21-19-31)37-27-28-44-43(30-37)48-38-13-5-4-10-34(38)26-29-45(48)49-44/h1-30H/i6D,7D,8D,9D,14D,15D,16D,17D. The fourth-order valence-corrected chi connectivity index (χ4v) is 7.22. The lowest BCUT2D eigenvalue weighted by Gasteiger charge is -2.18. The molecule has 0 radical (unpaired) electrons. The molecule has 10 aromatic rings. The number of fused-ring (bicyclic) bond motifs is 7. The van der Waals surface area contributed by atoms with E-state index in [1.54, 1.807) is 24.3 Å². The molecule has 0 saturated carbocycles. The molecule has 228 valence electrons. The summed E-state index contributed by atoms with van der Waals surface area (Å²) in [5.74, 6) is 0. The zero-order valence-electron chi connectivity index (χ0n) is 34.1. The number of furan rings is 1. The highest BCUT2D eigenvalue weighted by Gasteiger charge is 2.17. The summed E-state index contributed by atoms with van der Waals surface area (Å²) in [4.78, 5) is 0. The molecule has 0 fully saturated rings. The molecule has 1 heterocycles. The average Bonchev–Trinajstić information content (AvgIpc) is 3.64. The summed E-state index contributed by atoms with van der Waals surface area (Å²) in [7, 11) is 0. The fraction of sp³-hybridized carbons (Fsp3) is 0. The van der Waals surface area contributed by atoms with Crippen LogP contribution in [0.5, 0.6) is 0 Å². The minimum atomic E-state index is -0.418. The van der Waals surface area contributed by atoms with E-state index in [2.05, 4.69) is 54.6 Å². The Morgan fingerprint density at radius 3 is 1.43 bits per heavy atom. The van der Waals surface area contributed by atoms with Crippen LogP contribution < -0.4 is 0 Å². The first-order chi connectivity index (χ1) is 27.6. The van der Waals surface area contributed by atoms with Crippen molar-refractivity contribution in [3.8, 4) is 44.5 Å². The third kappa shape index (κ3) is 4.47. The van der Waals surface area contributed by atoms with Crippen LogP contribution in [0.2, 0.25) is 0 Å². The van der Waals surface area contributed by atoms with Crippen molar-refractivity contribution < 1.29 is 15.4 Å². The average molecular weight is 631 g/mol. The summed E-state index contributed by atoms with van der Waals surface area (Å²) in [5.41, 5.74) is 7.49. The lowest BCUT2D eigenvalue weighted by molar-refractivity contribution is 0.669. The highest BCUT2D eigenvalue weighted by atomic mass is 16.3. The predicted molar refractivity (Wildman–Crippen MR) is 208 cm³/mol. The Kier molecular flexibility index (Phi) is 4.69. The van der Waals surface area contributed by atoms with E-state index in [-0.39, 0.29) is 45.7 Å². The monoisotopic (exact) mass is 630 g/mol. The zero-order valence-corrected chi connectivity index (χ0v) is 26.1. The highest BCUT2D eigenvalue weighted by molar-refractivity contribution is 6.22. The van der Waals surface area contributed by atoms with E-state index in [1.807, 2.05) is 54.6 Å². The Bertz CT molecular complexity index is 3220. The molecule has 0 aliphatic carbocycles. The van der Waals surface area contributed by atoms with Crippen molar-refractivity contribution in [3.05, 3.63) is 182 Å². The van der Waals surface area contributed by atoms with Gasteiger partial charge in [0.15, 0.2) is 0 Å². The number of hydrogen-bond donors (Lipinski definition) is 0. The van der Waals surface area contributed by atoms with Crippen LogP contribution in [0.3, 0.4) is 0 Å². The van der Waals surface area contributed by atoms with Gasteiger partial charge in [0.25, 0.3) is 0 Å². The number of rotatable bonds is 4. The van der Waals surface area contributed by atoms with Gasteiger partial charge >= 0.3 is 0 Å². The van der Waals surface area contributed by atoms with Gasteiger partial charge in [0.05, 0.1) is 11.0 Å². The first kappa shape index (κ1) is 20.7. The van der Waals surface area contributed by atoms with Gasteiger partial charge in [-0.1, -0.05) is 164 Å².